The number of aryl methyl sites for hydroxylation is 1. The van der Waals surface area contributed by atoms with E-state index in [2.05, 4.69) is 17.2 Å². The van der Waals surface area contributed by atoms with Gasteiger partial charge in [0.05, 0.1) is 0 Å². The summed E-state index contributed by atoms with van der Waals surface area (Å²) in [5, 5.41) is 2.62. The lowest BCUT2D eigenvalue weighted by Gasteiger charge is -2.05. The van der Waals surface area contributed by atoms with Crippen LogP contribution in [0.15, 0.2) is 48.5 Å². The largest absolute Gasteiger partial charge is 0.445 e. The lowest BCUT2D eigenvalue weighted by Crippen LogP contribution is -2.24. The second-order valence-corrected chi connectivity index (χ2v) is 5.06. The molecule has 0 aromatic heterocycles. The van der Waals surface area contributed by atoms with Gasteiger partial charge in [-0.25, -0.2) is 9.18 Å². The Kier molecular flexibility index (Phi) is 6.19. The predicted octanol–water partition coefficient (Wildman–Crippen LogP) is 3.80. The molecule has 0 saturated carbocycles. The average Bonchev–Trinajstić information content (AvgIpc) is 2.53. The summed E-state index contributed by atoms with van der Waals surface area (Å²) >= 11 is 0. The smallest absolute Gasteiger partial charge is 0.407 e. The molecule has 3 nitrogen and oxygen atoms in total. The number of amides is 1. The second kappa shape index (κ2) is 8.60. The highest BCUT2D eigenvalue weighted by atomic mass is 19.1. The van der Waals surface area contributed by atoms with Crippen LogP contribution in [0.4, 0.5) is 9.18 Å². The van der Waals surface area contributed by atoms with Crippen LogP contribution in [-0.2, 0) is 11.3 Å². The Hall–Kier alpha value is -2.80. The van der Waals surface area contributed by atoms with E-state index in [0.717, 1.165) is 11.1 Å². The molecule has 0 heterocycles. The Morgan fingerprint density at radius 3 is 2.74 bits per heavy atom. The molecule has 23 heavy (non-hydrogen) atoms. The van der Waals surface area contributed by atoms with Gasteiger partial charge in [0.1, 0.15) is 12.4 Å². The normalized spacial score (nSPS) is 9.65. The molecule has 0 aliphatic heterocycles. The molecule has 0 saturated heterocycles. The van der Waals surface area contributed by atoms with Crippen molar-refractivity contribution in [3.8, 4) is 11.8 Å². The molecule has 0 atom stereocenters. The molecule has 0 spiro atoms. The van der Waals surface area contributed by atoms with E-state index in [1.807, 2.05) is 43.3 Å². The number of nitrogens with one attached hydrogen (secondary N) is 1. The topological polar surface area (TPSA) is 38.3 Å². The number of benzene rings is 2. The first kappa shape index (κ1) is 16.6. The van der Waals surface area contributed by atoms with E-state index < -0.39 is 6.09 Å². The zero-order chi connectivity index (χ0) is 16.5. The summed E-state index contributed by atoms with van der Waals surface area (Å²) in [4.78, 5) is 11.5. The van der Waals surface area contributed by atoms with Gasteiger partial charge in [-0.3, -0.25) is 0 Å². The highest BCUT2D eigenvalue weighted by Gasteiger charge is 2.00. The first-order chi connectivity index (χ1) is 11.1. The monoisotopic (exact) mass is 311 g/mol. The van der Waals surface area contributed by atoms with E-state index in [-0.39, 0.29) is 12.4 Å². The zero-order valence-corrected chi connectivity index (χ0v) is 12.9. The summed E-state index contributed by atoms with van der Waals surface area (Å²) in [7, 11) is 0. The Labute approximate surface area is 135 Å². The minimum atomic E-state index is -0.475. The third-order valence-corrected chi connectivity index (χ3v) is 3.01. The molecule has 4 heteroatoms. The fourth-order valence-electron chi connectivity index (χ4n) is 1.97. The molecule has 0 aliphatic carbocycles. The van der Waals surface area contributed by atoms with Crippen LogP contribution in [0.5, 0.6) is 0 Å². The van der Waals surface area contributed by atoms with E-state index in [1.54, 1.807) is 0 Å². The van der Waals surface area contributed by atoms with Crippen LogP contribution in [-0.4, -0.2) is 12.6 Å². The number of alkyl carbamates (subject to hydrolysis) is 1. The molecular weight excluding hydrogens is 293 g/mol. The number of rotatable bonds is 4. The fourth-order valence-corrected chi connectivity index (χ4v) is 1.97. The van der Waals surface area contributed by atoms with Crippen molar-refractivity contribution in [3.05, 3.63) is 71.0 Å². The average molecular weight is 311 g/mol. The summed E-state index contributed by atoms with van der Waals surface area (Å²) in [6.07, 6.45) is -0.00651. The molecule has 0 aliphatic rings. The molecule has 1 N–H and O–H groups in total. The fraction of sp³-hybridized carbons (Fsp3) is 0.211. The van der Waals surface area contributed by atoms with Crippen LogP contribution in [0.1, 0.15) is 23.1 Å². The van der Waals surface area contributed by atoms with E-state index in [4.69, 9.17) is 4.74 Å². The first-order valence-corrected chi connectivity index (χ1v) is 7.34. The minimum Gasteiger partial charge on any atom is -0.445 e. The molecule has 2 rings (SSSR count). The van der Waals surface area contributed by atoms with Gasteiger partial charge < -0.3 is 10.1 Å². The standard InChI is InChI=1S/C19H18FNO2/c1-15-11-17(13-18(20)12-15)9-5-6-10-21-19(22)23-14-16-7-3-2-4-8-16/h2-4,7-8,11-13H,6,10,14H2,1H3,(H,21,22). The minimum absolute atomic E-state index is 0.237. The van der Waals surface area contributed by atoms with Gasteiger partial charge in [-0.15, -0.1) is 0 Å². The maximum Gasteiger partial charge on any atom is 0.407 e. The quantitative estimate of drug-likeness (QED) is 0.689. The van der Waals surface area contributed by atoms with Crippen molar-refractivity contribution in [2.45, 2.75) is 20.0 Å². The van der Waals surface area contributed by atoms with Crippen LogP contribution < -0.4 is 5.32 Å². The predicted molar refractivity (Wildman–Crippen MR) is 87.3 cm³/mol. The van der Waals surface area contributed by atoms with Gasteiger partial charge >= 0.3 is 6.09 Å². The van der Waals surface area contributed by atoms with Crippen molar-refractivity contribution in [1.82, 2.24) is 5.32 Å². The number of carbonyl (C=O) groups excluding carboxylic acids is 1. The van der Waals surface area contributed by atoms with Crippen molar-refractivity contribution in [2.75, 3.05) is 6.54 Å². The molecule has 2 aromatic rings. The third kappa shape index (κ3) is 6.23. The van der Waals surface area contributed by atoms with Crippen LogP contribution in [0.3, 0.4) is 0 Å². The zero-order valence-electron chi connectivity index (χ0n) is 12.9. The maximum absolute atomic E-state index is 13.2. The van der Waals surface area contributed by atoms with E-state index in [0.29, 0.717) is 18.5 Å². The Bertz CT molecular complexity index is 697. The van der Waals surface area contributed by atoms with Gasteiger partial charge in [-0.1, -0.05) is 42.2 Å². The van der Waals surface area contributed by atoms with Gasteiger partial charge in [-0.2, -0.15) is 0 Å². The van der Waals surface area contributed by atoms with Crippen LogP contribution >= 0.6 is 0 Å². The van der Waals surface area contributed by atoms with Crippen molar-refractivity contribution in [3.63, 3.8) is 0 Å². The number of hydrogen-bond donors (Lipinski definition) is 1. The number of halogens is 1. The van der Waals surface area contributed by atoms with E-state index >= 15 is 0 Å². The van der Waals surface area contributed by atoms with Crippen LogP contribution in [0, 0.1) is 24.6 Å². The number of hydrogen-bond acceptors (Lipinski definition) is 2. The van der Waals surface area contributed by atoms with Gasteiger partial charge in [0.2, 0.25) is 0 Å². The Morgan fingerprint density at radius 2 is 2.00 bits per heavy atom. The number of ether oxygens (including phenoxy) is 1. The highest BCUT2D eigenvalue weighted by Crippen LogP contribution is 2.06. The summed E-state index contributed by atoms with van der Waals surface area (Å²) in [5.74, 6) is 5.48. The first-order valence-electron chi connectivity index (χ1n) is 7.34. The van der Waals surface area contributed by atoms with Crippen molar-refractivity contribution in [1.29, 1.82) is 0 Å². The lowest BCUT2D eigenvalue weighted by molar-refractivity contribution is 0.140. The van der Waals surface area contributed by atoms with Crippen molar-refractivity contribution in [2.24, 2.45) is 0 Å². The molecule has 0 fully saturated rings. The van der Waals surface area contributed by atoms with E-state index in [1.165, 1.54) is 12.1 Å². The van der Waals surface area contributed by atoms with Gasteiger partial charge in [0.15, 0.2) is 0 Å². The lowest BCUT2D eigenvalue weighted by atomic mass is 10.1. The third-order valence-electron chi connectivity index (χ3n) is 3.01. The SMILES string of the molecule is Cc1cc(F)cc(C#CCCNC(=O)OCc2ccccc2)c1. The summed E-state index contributed by atoms with van der Waals surface area (Å²) in [6, 6.07) is 14.1. The Morgan fingerprint density at radius 1 is 1.22 bits per heavy atom. The molecule has 2 aromatic carbocycles. The summed E-state index contributed by atoms with van der Waals surface area (Å²) in [5.41, 5.74) is 2.40. The van der Waals surface area contributed by atoms with Crippen LogP contribution in [0.25, 0.3) is 0 Å². The molecule has 118 valence electrons. The Balaban J connectivity index is 1.69. The summed E-state index contributed by atoms with van der Waals surface area (Å²) < 4.78 is 18.3. The van der Waals surface area contributed by atoms with Crippen molar-refractivity contribution >= 4 is 6.09 Å². The van der Waals surface area contributed by atoms with Gasteiger partial charge in [0.25, 0.3) is 0 Å². The van der Waals surface area contributed by atoms with Crippen molar-refractivity contribution < 1.29 is 13.9 Å². The maximum atomic E-state index is 13.2. The molecule has 1 amide bonds. The molecule has 0 unspecified atom stereocenters. The number of carbonyl (C=O) groups is 1. The van der Waals surface area contributed by atoms with Gasteiger partial charge in [0, 0.05) is 18.5 Å². The summed E-state index contributed by atoms with van der Waals surface area (Å²) in [6.45, 7) is 2.44. The molecule has 0 bridgehead atoms. The highest BCUT2D eigenvalue weighted by molar-refractivity contribution is 5.67. The van der Waals surface area contributed by atoms with E-state index in [9.17, 15) is 9.18 Å². The van der Waals surface area contributed by atoms with Crippen LogP contribution in [0.2, 0.25) is 0 Å². The molecule has 0 radical (unpaired) electrons. The molecular formula is C19H18FNO2. The van der Waals surface area contributed by atoms with Gasteiger partial charge in [-0.05, 0) is 36.2 Å². The second-order valence-electron chi connectivity index (χ2n) is 5.06.